The minimum absolute atomic E-state index is 0.0950. The molecule has 0 N–H and O–H groups in total. The Morgan fingerprint density at radius 1 is 1.00 bits per heavy atom. The Morgan fingerprint density at radius 3 is 2.11 bits per heavy atom. The molecule has 0 bridgehead atoms. The summed E-state index contributed by atoms with van der Waals surface area (Å²) in [7, 11) is 0. The standard InChI is InChI=1S/C16H15FO/c1-11(2)12-3-5-13(6-4-12)14-7-8-15(10-18)16(17)9-14/h3-11H,1-2H3. The number of hydrogen-bond acceptors (Lipinski definition) is 1. The Balaban J connectivity index is 2.36. The van der Waals surface area contributed by atoms with Crippen LogP contribution in [0, 0.1) is 5.82 Å². The van der Waals surface area contributed by atoms with E-state index in [9.17, 15) is 9.18 Å². The summed E-state index contributed by atoms with van der Waals surface area (Å²) < 4.78 is 13.5. The van der Waals surface area contributed by atoms with Crippen LogP contribution in [0.1, 0.15) is 35.7 Å². The van der Waals surface area contributed by atoms with E-state index in [1.165, 1.54) is 17.7 Å². The lowest BCUT2D eigenvalue weighted by atomic mass is 9.98. The van der Waals surface area contributed by atoms with E-state index in [2.05, 4.69) is 13.8 Å². The van der Waals surface area contributed by atoms with Gasteiger partial charge in [-0.3, -0.25) is 4.79 Å². The van der Waals surface area contributed by atoms with Gasteiger partial charge in [0, 0.05) is 0 Å². The number of benzene rings is 2. The van der Waals surface area contributed by atoms with Crippen molar-refractivity contribution in [3.63, 3.8) is 0 Å². The predicted molar refractivity (Wildman–Crippen MR) is 71.3 cm³/mol. The second-order valence-electron chi connectivity index (χ2n) is 4.63. The molecule has 0 atom stereocenters. The van der Waals surface area contributed by atoms with Crippen LogP contribution in [0.4, 0.5) is 4.39 Å². The van der Waals surface area contributed by atoms with E-state index in [0.29, 0.717) is 12.2 Å². The van der Waals surface area contributed by atoms with Crippen LogP contribution in [0.5, 0.6) is 0 Å². The van der Waals surface area contributed by atoms with Gasteiger partial charge < -0.3 is 0 Å². The lowest BCUT2D eigenvalue weighted by molar-refractivity contribution is 0.112. The molecule has 0 fully saturated rings. The third kappa shape index (κ3) is 2.48. The van der Waals surface area contributed by atoms with Crippen molar-refractivity contribution in [3.8, 4) is 11.1 Å². The summed E-state index contributed by atoms with van der Waals surface area (Å²) in [4.78, 5) is 10.6. The van der Waals surface area contributed by atoms with Gasteiger partial charge in [-0.05, 0) is 34.7 Å². The minimum atomic E-state index is -0.476. The van der Waals surface area contributed by atoms with Crippen molar-refractivity contribution in [2.75, 3.05) is 0 Å². The molecule has 0 aliphatic carbocycles. The van der Waals surface area contributed by atoms with Gasteiger partial charge in [0.25, 0.3) is 0 Å². The molecule has 0 spiro atoms. The Kier molecular flexibility index (Phi) is 3.56. The zero-order valence-corrected chi connectivity index (χ0v) is 10.5. The summed E-state index contributed by atoms with van der Waals surface area (Å²) in [5.74, 6) is 0.00339. The Labute approximate surface area is 106 Å². The molecule has 0 aromatic heterocycles. The fraction of sp³-hybridized carbons (Fsp3) is 0.188. The lowest BCUT2D eigenvalue weighted by Crippen LogP contribution is -1.90. The van der Waals surface area contributed by atoms with Crippen molar-refractivity contribution >= 4 is 6.29 Å². The van der Waals surface area contributed by atoms with Gasteiger partial charge in [-0.25, -0.2) is 4.39 Å². The third-order valence-electron chi connectivity index (χ3n) is 3.04. The zero-order valence-electron chi connectivity index (χ0n) is 10.5. The van der Waals surface area contributed by atoms with Gasteiger partial charge in [0.1, 0.15) is 5.82 Å². The van der Waals surface area contributed by atoms with Crippen LogP contribution < -0.4 is 0 Å². The average Bonchev–Trinajstić information content (AvgIpc) is 2.38. The number of carbonyl (C=O) groups excluding carboxylic acids is 1. The molecule has 0 amide bonds. The van der Waals surface area contributed by atoms with Crippen LogP contribution in [0.3, 0.4) is 0 Å². The van der Waals surface area contributed by atoms with E-state index in [1.807, 2.05) is 24.3 Å². The molecule has 0 unspecified atom stereocenters. The first kappa shape index (κ1) is 12.5. The molecule has 2 rings (SSSR count). The highest BCUT2D eigenvalue weighted by atomic mass is 19.1. The lowest BCUT2D eigenvalue weighted by Gasteiger charge is -2.07. The quantitative estimate of drug-likeness (QED) is 0.728. The summed E-state index contributed by atoms with van der Waals surface area (Å²) in [6, 6.07) is 12.7. The van der Waals surface area contributed by atoms with Crippen LogP contribution in [0.25, 0.3) is 11.1 Å². The summed E-state index contributed by atoms with van der Waals surface area (Å²) >= 11 is 0. The molecule has 0 aliphatic heterocycles. The molecule has 0 aliphatic rings. The van der Waals surface area contributed by atoms with Crippen LogP contribution in [0.15, 0.2) is 42.5 Å². The fourth-order valence-electron chi connectivity index (χ4n) is 1.86. The molecule has 18 heavy (non-hydrogen) atoms. The first-order valence-electron chi connectivity index (χ1n) is 5.97. The molecule has 1 nitrogen and oxygen atoms in total. The van der Waals surface area contributed by atoms with Gasteiger partial charge in [-0.2, -0.15) is 0 Å². The third-order valence-corrected chi connectivity index (χ3v) is 3.04. The summed E-state index contributed by atoms with van der Waals surface area (Å²) in [6.07, 6.45) is 0.529. The number of halogens is 1. The Hall–Kier alpha value is -1.96. The Morgan fingerprint density at radius 2 is 1.61 bits per heavy atom. The number of aldehydes is 1. The molecular weight excluding hydrogens is 227 g/mol. The first-order valence-corrected chi connectivity index (χ1v) is 5.97. The summed E-state index contributed by atoms with van der Waals surface area (Å²) in [5, 5.41) is 0. The first-order chi connectivity index (χ1) is 8.61. The van der Waals surface area contributed by atoms with Crippen molar-refractivity contribution < 1.29 is 9.18 Å². The van der Waals surface area contributed by atoms with Gasteiger partial charge >= 0.3 is 0 Å². The molecular formula is C16H15FO. The van der Waals surface area contributed by atoms with Gasteiger partial charge in [0.05, 0.1) is 5.56 Å². The SMILES string of the molecule is CC(C)c1ccc(-c2ccc(C=O)c(F)c2)cc1. The summed E-state index contributed by atoms with van der Waals surface area (Å²) in [6.45, 7) is 4.26. The van der Waals surface area contributed by atoms with Gasteiger partial charge in [0.2, 0.25) is 0 Å². The molecule has 0 radical (unpaired) electrons. The average molecular weight is 242 g/mol. The maximum Gasteiger partial charge on any atom is 0.152 e. The van der Waals surface area contributed by atoms with Crippen molar-refractivity contribution in [1.29, 1.82) is 0 Å². The van der Waals surface area contributed by atoms with Gasteiger partial charge in [0.15, 0.2) is 6.29 Å². The van der Waals surface area contributed by atoms with Gasteiger partial charge in [-0.15, -0.1) is 0 Å². The number of carbonyl (C=O) groups is 1. The highest BCUT2D eigenvalue weighted by molar-refractivity contribution is 5.77. The van der Waals surface area contributed by atoms with Crippen molar-refractivity contribution in [2.24, 2.45) is 0 Å². The second kappa shape index (κ2) is 5.13. The van der Waals surface area contributed by atoms with E-state index >= 15 is 0 Å². The fourth-order valence-corrected chi connectivity index (χ4v) is 1.86. The maximum atomic E-state index is 13.5. The molecule has 0 saturated heterocycles. The largest absolute Gasteiger partial charge is 0.298 e. The summed E-state index contributed by atoms with van der Waals surface area (Å²) in [5.41, 5.74) is 3.09. The number of rotatable bonds is 3. The normalized spacial score (nSPS) is 10.7. The molecule has 2 heteroatoms. The molecule has 92 valence electrons. The van der Waals surface area contributed by atoms with Crippen LogP contribution in [-0.4, -0.2) is 6.29 Å². The van der Waals surface area contributed by atoms with Crippen LogP contribution in [-0.2, 0) is 0 Å². The zero-order chi connectivity index (χ0) is 13.1. The highest BCUT2D eigenvalue weighted by Gasteiger charge is 2.05. The van der Waals surface area contributed by atoms with E-state index in [0.717, 1.165) is 11.1 Å². The molecule has 0 heterocycles. The van der Waals surface area contributed by atoms with Crippen LogP contribution >= 0.6 is 0 Å². The predicted octanol–water partition coefficient (Wildman–Crippen LogP) is 4.43. The maximum absolute atomic E-state index is 13.5. The topological polar surface area (TPSA) is 17.1 Å². The van der Waals surface area contributed by atoms with Crippen molar-refractivity contribution in [2.45, 2.75) is 19.8 Å². The van der Waals surface area contributed by atoms with E-state index in [1.54, 1.807) is 6.07 Å². The van der Waals surface area contributed by atoms with E-state index < -0.39 is 5.82 Å². The Bertz CT molecular complexity index is 556. The number of hydrogen-bond donors (Lipinski definition) is 0. The minimum Gasteiger partial charge on any atom is -0.298 e. The van der Waals surface area contributed by atoms with Crippen molar-refractivity contribution in [1.82, 2.24) is 0 Å². The highest BCUT2D eigenvalue weighted by Crippen LogP contribution is 2.24. The molecule has 0 saturated carbocycles. The molecule has 2 aromatic rings. The van der Waals surface area contributed by atoms with E-state index in [4.69, 9.17) is 0 Å². The molecule has 2 aromatic carbocycles. The second-order valence-corrected chi connectivity index (χ2v) is 4.63. The van der Waals surface area contributed by atoms with Crippen LogP contribution in [0.2, 0.25) is 0 Å². The smallest absolute Gasteiger partial charge is 0.152 e. The monoisotopic (exact) mass is 242 g/mol. The van der Waals surface area contributed by atoms with Crippen molar-refractivity contribution in [3.05, 3.63) is 59.4 Å². The van der Waals surface area contributed by atoms with Gasteiger partial charge in [-0.1, -0.05) is 44.2 Å². The van der Waals surface area contributed by atoms with E-state index in [-0.39, 0.29) is 5.56 Å².